The Morgan fingerprint density at radius 1 is 1.03 bits per heavy atom. The van der Waals surface area contributed by atoms with Crippen LogP contribution in [0.25, 0.3) is 22.1 Å². The van der Waals surface area contributed by atoms with Gasteiger partial charge in [-0.2, -0.15) is 0 Å². The summed E-state index contributed by atoms with van der Waals surface area (Å²) in [5, 5.41) is 0.802. The molecule has 2 aromatic heterocycles. The molecule has 31 heavy (non-hydrogen) atoms. The molecule has 0 radical (unpaired) electrons. The van der Waals surface area contributed by atoms with Crippen molar-refractivity contribution < 1.29 is 9.21 Å². The number of piperazine rings is 1. The van der Waals surface area contributed by atoms with Gasteiger partial charge in [0, 0.05) is 37.3 Å². The van der Waals surface area contributed by atoms with Crippen molar-refractivity contribution in [2.24, 2.45) is 0 Å². The Balaban J connectivity index is 1.31. The van der Waals surface area contributed by atoms with Gasteiger partial charge in [0.25, 0.3) is 5.56 Å². The summed E-state index contributed by atoms with van der Waals surface area (Å²) in [5.74, 6) is -0.0834. The second-order valence-electron chi connectivity index (χ2n) is 8.04. The van der Waals surface area contributed by atoms with Crippen molar-refractivity contribution in [1.29, 1.82) is 0 Å². The van der Waals surface area contributed by atoms with Crippen LogP contribution in [0.1, 0.15) is 11.1 Å². The van der Waals surface area contributed by atoms with Crippen LogP contribution in [0, 0.1) is 13.8 Å². The standard InChI is InChI=1S/C24H24N4O3/c1-16-6-5-8-19(17(16)2)26-10-12-27(13-11-26)21(29)14-28-15-25-22-18-7-3-4-9-20(18)31-23(22)24(28)30/h3-9,15H,10-14H2,1-2H3. The Morgan fingerprint density at radius 3 is 2.61 bits per heavy atom. The molecule has 7 nitrogen and oxygen atoms in total. The molecule has 0 unspecified atom stereocenters. The number of anilines is 1. The predicted molar refractivity (Wildman–Crippen MR) is 120 cm³/mol. The lowest BCUT2D eigenvalue weighted by Crippen LogP contribution is -2.50. The van der Waals surface area contributed by atoms with E-state index in [1.165, 1.54) is 27.7 Å². The van der Waals surface area contributed by atoms with Crippen LogP contribution in [0.4, 0.5) is 5.69 Å². The topological polar surface area (TPSA) is 71.6 Å². The molecule has 1 aliphatic heterocycles. The second-order valence-corrected chi connectivity index (χ2v) is 8.04. The zero-order chi connectivity index (χ0) is 21.5. The number of rotatable bonds is 3. The zero-order valence-corrected chi connectivity index (χ0v) is 17.7. The first kappa shape index (κ1) is 19.4. The monoisotopic (exact) mass is 416 g/mol. The molecule has 0 atom stereocenters. The highest BCUT2D eigenvalue weighted by molar-refractivity contribution is 6.01. The summed E-state index contributed by atoms with van der Waals surface area (Å²) in [6.07, 6.45) is 1.44. The SMILES string of the molecule is Cc1cccc(N2CCN(C(=O)Cn3cnc4c(oc5ccccc54)c3=O)CC2)c1C. The van der Waals surface area contributed by atoms with E-state index in [0.29, 0.717) is 24.2 Å². The van der Waals surface area contributed by atoms with E-state index in [2.05, 4.69) is 41.9 Å². The Kier molecular flexibility index (Phi) is 4.73. The van der Waals surface area contributed by atoms with Crippen LogP contribution in [0.5, 0.6) is 0 Å². The summed E-state index contributed by atoms with van der Waals surface area (Å²) < 4.78 is 7.04. The molecule has 1 saturated heterocycles. The molecule has 2 aromatic carbocycles. The minimum absolute atomic E-state index is 0.0394. The molecule has 0 bridgehead atoms. The quantitative estimate of drug-likeness (QED) is 0.513. The van der Waals surface area contributed by atoms with E-state index >= 15 is 0 Å². The molecule has 0 aliphatic carbocycles. The number of amides is 1. The number of benzene rings is 2. The summed E-state index contributed by atoms with van der Waals surface area (Å²) in [5.41, 5.74) is 4.78. The lowest BCUT2D eigenvalue weighted by atomic mass is 10.1. The van der Waals surface area contributed by atoms with E-state index in [0.717, 1.165) is 18.5 Å². The van der Waals surface area contributed by atoms with Crippen molar-refractivity contribution in [1.82, 2.24) is 14.5 Å². The highest BCUT2D eigenvalue weighted by Crippen LogP contribution is 2.25. The van der Waals surface area contributed by atoms with E-state index in [4.69, 9.17) is 4.42 Å². The second kappa shape index (κ2) is 7.58. The number of para-hydroxylation sites is 1. The zero-order valence-electron chi connectivity index (χ0n) is 17.7. The Bertz CT molecular complexity index is 1350. The van der Waals surface area contributed by atoms with E-state index < -0.39 is 0 Å². The van der Waals surface area contributed by atoms with Crippen LogP contribution in [-0.4, -0.2) is 46.5 Å². The van der Waals surface area contributed by atoms with Crippen molar-refractivity contribution in [2.75, 3.05) is 31.1 Å². The van der Waals surface area contributed by atoms with Crippen LogP contribution >= 0.6 is 0 Å². The number of furan rings is 1. The van der Waals surface area contributed by atoms with Crippen LogP contribution in [0.2, 0.25) is 0 Å². The predicted octanol–water partition coefficient (Wildman–Crippen LogP) is 3.11. The molecular formula is C24H24N4O3. The number of hydrogen-bond acceptors (Lipinski definition) is 5. The van der Waals surface area contributed by atoms with Crippen LogP contribution < -0.4 is 10.5 Å². The lowest BCUT2D eigenvalue weighted by Gasteiger charge is -2.37. The lowest BCUT2D eigenvalue weighted by molar-refractivity contribution is -0.132. The number of aromatic nitrogens is 2. The normalized spacial score (nSPS) is 14.5. The molecule has 5 rings (SSSR count). The largest absolute Gasteiger partial charge is 0.448 e. The summed E-state index contributed by atoms with van der Waals surface area (Å²) >= 11 is 0. The molecule has 4 aromatic rings. The maximum Gasteiger partial charge on any atom is 0.297 e. The van der Waals surface area contributed by atoms with Crippen LogP contribution in [0.15, 0.2) is 58.0 Å². The van der Waals surface area contributed by atoms with Gasteiger partial charge in [-0.3, -0.25) is 14.2 Å². The van der Waals surface area contributed by atoms with Crippen molar-refractivity contribution in [3.63, 3.8) is 0 Å². The highest BCUT2D eigenvalue weighted by Gasteiger charge is 2.23. The number of nitrogens with zero attached hydrogens (tertiary/aromatic N) is 4. The smallest absolute Gasteiger partial charge is 0.297 e. The molecule has 1 fully saturated rings. The number of carbonyl (C=O) groups excluding carboxylic acids is 1. The molecule has 1 amide bonds. The maximum absolute atomic E-state index is 12.9. The van der Waals surface area contributed by atoms with Gasteiger partial charge in [0.05, 0.1) is 6.33 Å². The summed E-state index contributed by atoms with van der Waals surface area (Å²) in [4.78, 5) is 34.3. The van der Waals surface area contributed by atoms with Crippen molar-refractivity contribution >= 4 is 33.7 Å². The van der Waals surface area contributed by atoms with Gasteiger partial charge in [-0.15, -0.1) is 0 Å². The molecule has 0 saturated carbocycles. The van der Waals surface area contributed by atoms with Gasteiger partial charge < -0.3 is 14.2 Å². The van der Waals surface area contributed by atoms with Gasteiger partial charge in [-0.05, 0) is 43.2 Å². The number of fused-ring (bicyclic) bond motifs is 3. The molecular weight excluding hydrogens is 392 g/mol. The Labute approximate surface area is 179 Å². The first-order chi connectivity index (χ1) is 15.0. The first-order valence-corrected chi connectivity index (χ1v) is 10.5. The third-order valence-corrected chi connectivity index (χ3v) is 6.21. The minimum Gasteiger partial charge on any atom is -0.448 e. The average Bonchev–Trinajstić information content (AvgIpc) is 3.17. The van der Waals surface area contributed by atoms with Gasteiger partial charge in [0.15, 0.2) is 0 Å². The molecule has 158 valence electrons. The third-order valence-electron chi connectivity index (χ3n) is 6.21. The molecule has 3 heterocycles. The van der Waals surface area contributed by atoms with E-state index in [-0.39, 0.29) is 23.6 Å². The van der Waals surface area contributed by atoms with Crippen molar-refractivity contribution in [3.05, 3.63) is 70.3 Å². The van der Waals surface area contributed by atoms with Crippen molar-refractivity contribution in [3.8, 4) is 0 Å². The highest BCUT2D eigenvalue weighted by atomic mass is 16.3. The Hall–Kier alpha value is -3.61. The average molecular weight is 416 g/mol. The summed E-state index contributed by atoms with van der Waals surface area (Å²) in [6.45, 7) is 7.00. The Morgan fingerprint density at radius 2 is 1.81 bits per heavy atom. The number of carbonyl (C=O) groups is 1. The fourth-order valence-corrected chi connectivity index (χ4v) is 4.25. The van der Waals surface area contributed by atoms with E-state index in [9.17, 15) is 9.59 Å². The number of aryl methyl sites for hydroxylation is 1. The van der Waals surface area contributed by atoms with Crippen LogP contribution in [0.3, 0.4) is 0 Å². The van der Waals surface area contributed by atoms with Crippen LogP contribution in [-0.2, 0) is 11.3 Å². The summed E-state index contributed by atoms with van der Waals surface area (Å²) in [6, 6.07) is 13.7. The molecule has 1 aliphatic rings. The van der Waals surface area contributed by atoms with Gasteiger partial charge in [-0.1, -0.05) is 24.3 Å². The maximum atomic E-state index is 12.9. The molecule has 0 N–H and O–H groups in total. The third kappa shape index (κ3) is 3.36. The van der Waals surface area contributed by atoms with E-state index in [1.807, 2.05) is 23.1 Å². The minimum atomic E-state index is -0.330. The van der Waals surface area contributed by atoms with E-state index in [1.54, 1.807) is 6.07 Å². The summed E-state index contributed by atoms with van der Waals surface area (Å²) in [7, 11) is 0. The van der Waals surface area contributed by atoms with Gasteiger partial charge in [-0.25, -0.2) is 4.98 Å². The van der Waals surface area contributed by atoms with Gasteiger partial charge in [0.1, 0.15) is 17.6 Å². The first-order valence-electron chi connectivity index (χ1n) is 10.5. The fourth-order valence-electron chi connectivity index (χ4n) is 4.25. The molecule has 0 spiro atoms. The van der Waals surface area contributed by atoms with Crippen molar-refractivity contribution in [2.45, 2.75) is 20.4 Å². The number of hydrogen-bond donors (Lipinski definition) is 0. The van der Waals surface area contributed by atoms with Gasteiger partial charge in [0.2, 0.25) is 11.5 Å². The fraction of sp³-hybridized carbons (Fsp3) is 0.292. The van der Waals surface area contributed by atoms with Gasteiger partial charge >= 0.3 is 0 Å². The molecule has 7 heteroatoms.